The summed E-state index contributed by atoms with van der Waals surface area (Å²) in [5.41, 5.74) is 0.978. The van der Waals surface area contributed by atoms with Gasteiger partial charge in [0.2, 0.25) is 10.0 Å². The second kappa shape index (κ2) is 6.40. The van der Waals surface area contributed by atoms with E-state index in [1.165, 1.54) is 12.1 Å². The van der Waals surface area contributed by atoms with Gasteiger partial charge in [0.1, 0.15) is 6.10 Å². The molecular weight excluding hydrogens is 276 g/mol. The highest BCUT2D eigenvalue weighted by Gasteiger charge is 2.21. The molecule has 1 aromatic rings. The zero-order valence-electron chi connectivity index (χ0n) is 10.7. The summed E-state index contributed by atoms with van der Waals surface area (Å²) in [6, 6.07) is 6.16. The Labute approximate surface area is 111 Å². The van der Waals surface area contributed by atoms with Gasteiger partial charge in [0.25, 0.3) is 6.43 Å². The average molecular weight is 293 g/mol. The molecule has 1 atom stereocenters. The van der Waals surface area contributed by atoms with E-state index < -0.39 is 29.1 Å². The molecule has 7 heteroatoms. The van der Waals surface area contributed by atoms with E-state index in [2.05, 4.69) is 0 Å². The number of aliphatic hydroxyl groups excluding tert-OH is 1. The molecular formula is C12H17F2NO3S. The molecule has 0 bridgehead atoms. The van der Waals surface area contributed by atoms with Crippen LogP contribution < -0.4 is 4.72 Å². The Hall–Kier alpha value is -1.05. The van der Waals surface area contributed by atoms with Crippen molar-refractivity contribution >= 4 is 10.0 Å². The second-order valence-electron chi connectivity index (χ2n) is 4.48. The van der Waals surface area contributed by atoms with Crippen LogP contribution in [0.2, 0.25) is 0 Å². The van der Waals surface area contributed by atoms with Gasteiger partial charge in [-0.15, -0.1) is 0 Å². The molecule has 19 heavy (non-hydrogen) atoms. The topological polar surface area (TPSA) is 66.4 Å². The number of benzene rings is 1. The van der Waals surface area contributed by atoms with Crippen LogP contribution in [0.15, 0.2) is 29.2 Å². The Kier molecular flexibility index (Phi) is 5.39. The minimum atomic E-state index is -3.87. The van der Waals surface area contributed by atoms with Crippen molar-refractivity contribution in [3.63, 3.8) is 0 Å². The van der Waals surface area contributed by atoms with Crippen LogP contribution in [0.4, 0.5) is 8.78 Å². The summed E-state index contributed by atoms with van der Waals surface area (Å²) in [5, 5.41) is 8.88. The molecule has 108 valence electrons. The van der Waals surface area contributed by atoms with E-state index in [9.17, 15) is 17.2 Å². The van der Waals surface area contributed by atoms with Crippen molar-refractivity contribution in [2.75, 3.05) is 6.54 Å². The van der Waals surface area contributed by atoms with E-state index in [4.69, 9.17) is 5.11 Å². The summed E-state index contributed by atoms with van der Waals surface area (Å²) in [5.74, 6) is 0.269. The van der Waals surface area contributed by atoms with Crippen LogP contribution in [0.5, 0.6) is 0 Å². The Balaban J connectivity index is 2.77. The minimum Gasteiger partial charge on any atom is -0.386 e. The van der Waals surface area contributed by atoms with Gasteiger partial charge in [0, 0.05) is 6.54 Å². The number of hydrogen-bond acceptors (Lipinski definition) is 3. The maximum Gasteiger partial charge on any atom is 0.265 e. The van der Waals surface area contributed by atoms with Crippen molar-refractivity contribution in [2.45, 2.75) is 37.2 Å². The maximum atomic E-state index is 12.1. The molecule has 0 aliphatic heterocycles. The molecule has 0 fully saturated rings. The van der Waals surface area contributed by atoms with Gasteiger partial charge < -0.3 is 5.11 Å². The molecule has 0 aliphatic carbocycles. The number of halogens is 2. The molecule has 2 N–H and O–H groups in total. The molecule has 0 aliphatic rings. The normalized spacial score (nSPS) is 14.1. The van der Waals surface area contributed by atoms with E-state index in [-0.39, 0.29) is 10.8 Å². The summed E-state index contributed by atoms with van der Waals surface area (Å²) in [6.07, 6.45) is -4.99. The molecule has 1 rings (SSSR count). The molecule has 0 radical (unpaired) electrons. The standard InChI is InChI=1S/C12H17F2NO3S/c1-8(2)9-3-5-10(6-4-9)19(17,18)15-7-11(16)12(13)14/h3-6,8,11-12,15-16H,7H2,1-2H3. The van der Waals surface area contributed by atoms with Gasteiger partial charge in [-0.25, -0.2) is 21.9 Å². The van der Waals surface area contributed by atoms with E-state index in [0.717, 1.165) is 5.56 Å². The first-order chi connectivity index (χ1) is 8.74. The molecule has 0 amide bonds. The average Bonchev–Trinajstić information content (AvgIpc) is 2.36. The fraction of sp³-hybridized carbons (Fsp3) is 0.500. The summed E-state index contributed by atoms with van der Waals surface area (Å²) in [4.78, 5) is -0.0154. The highest BCUT2D eigenvalue weighted by Crippen LogP contribution is 2.17. The Morgan fingerprint density at radius 2 is 1.74 bits per heavy atom. The molecule has 0 aromatic heterocycles. The zero-order chi connectivity index (χ0) is 14.6. The Bertz CT molecular complexity index is 500. The summed E-state index contributed by atoms with van der Waals surface area (Å²) < 4.78 is 49.6. The van der Waals surface area contributed by atoms with Crippen LogP contribution in [0.3, 0.4) is 0 Å². The summed E-state index contributed by atoms with van der Waals surface area (Å²) in [6.45, 7) is 3.23. The summed E-state index contributed by atoms with van der Waals surface area (Å²) in [7, 11) is -3.87. The number of hydrogen-bond donors (Lipinski definition) is 2. The predicted molar refractivity (Wildman–Crippen MR) is 67.7 cm³/mol. The van der Waals surface area contributed by atoms with Crippen LogP contribution in [0.25, 0.3) is 0 Å². The number of nitrogens with one attached hydrogen (secondary N) is 1. The lowest BCUT2D eigenvalue weighted by Crippen LogP contribution is -2.35. The maximum absolute atomic E-state index is 12.1. The van der Waals surface area contributed by atoms with Crippen molar-refractivity contribution in [3.8, 4) is 0 Å². The van der Waals surface area contributed by atoms with Gasteiger partial charge in [-0.1, -0.05) is 26.0 Å². The minimum absolute atomic E-state index is 0.0154. The Morgan fingerprint density at radius 3 is 2.16 bits per heavy atom. The number of alkyl halides is 2. The summed E-state index contributed by atoms with van der Waals surface area (Å²) >= 11 is 0. The van der Waals surface area contributed by atoms with E-state index in [1.54, 1.807) is 12.1 Å². The number of sulfonamides is 1. The third-order valence-electron chi connectivity index (χ3n) is 2.63. The zero-order valence-corrected chi connectivity index (χ0v) is 11.5. The first kappa shape index (κ1) is 16.0. The highest BCUT2D eigenvalue weighted by atomic mass is 32.2. The first-order valence-corrected chi connectivity index (χ1v) is 7.28. The van der Waals surface area contributed by atoms with Crippen LogP contribution in [0, 0.1) is 0 Å². The van der Waals surface area contributed by atoms with Crippen LogP contribution in [-0.4, -0.2) is 32.6 Å². The fourth-order valence-corrected chi connectivity index (χ4v) is 2.45. The van der Waals surface area contributed by atoms with Crippen molar-refractivity contribution in [2.24, 2.45) is 0 Å². The lowest BCUT2D eigenvalue weighted by Gasteiger charge is -2.12. The SMILES string of the molecule is CC(C)c1ccc(S(=O)(=O)NCC(O)C(F)F)cc1. The third kappa shape index (κ3) is 4.52. The van der Waals surface area contributed by atoms with E-state index in [1.807, 2.05) is 18.6 Å². The lowest BCUT2D eigenvalue weighted by atomic mass is 10.0. The second-order valence-corrected chi connectivity index (χ2v) is 6.24. The van der Waals surface area contributed by atoms with Crippen molar-refractivity contribution in [3.05, 3.63) is 29.8 Å². The molecule has 0 saturated heterocycles. The first-order valence-electron chi connectivity index (χ1n) is 5.80. The Morgan fingerprint density at radius 1 is 1.21 bits per heavy atom. The molecule has 0 heterocycles. The number of rotatable bonds is 6. The van der Waals surface area contributed by atoms with Crippen molar-refractivity contribution in [1.82, 2.24) is 4.72 Å². The lowest BCUT2D eigenvalue weighted by molar-refractivity contribution is -0.000451. The molecule has 4 nitrogen and oxygen atoms in total. The molecule has 0 spiro atoms. The van der Waals surface area contributed by atoms with Crippen molar-refractivity contribution < 1.29 is 22.3 Å². The van der Waals surface area contributed by atoms with Gasteiger partial charge >= 0.3 is 0 Å². The molecule has 0 saturated carbocycles. The fourth-order valence-electron chi connectivity index (χ4n) is 1.40. The highest BCUT2D eigenvalue weighted by molar-refractivity contribution is 7.89. The van der Waals surface area contributed by atoms with Gasteiger partial charge in [-0.3, -0.25) is 0 Å². The van der Waals surface area contributed by atoms with Crippen molar-refractivity contribution in [1.29, 1.82) is 0 Å². The van der Waals surface area contributed by atoms with Gasteiger partial charge in [-0.05, 0) is 23.6 Å². The predicted octanol–water partition coefficient (Wildman–Crippen LogP) is 1.71. The van der Waals surface area contributed by atoms with E-state index in [0.29, 0.717) is 0 Å². The van der Waals surface area contributed by atoms with Crippen LogP contribution in [0.1, 0.15) is 25.3 Å². The van der Waals surface area contributed by atoms with Gasteiger partial charge in [0.15, 0.2) is 0 Å². The van der Waals surface area contributed by atoms with E-state index >= 15 is 0 Å². The third-order valence-corrected chi connectivity index (χ3v) is 4.07. The number of aliphatic hydroxyl groups is 1. The monoisotopic (exact) mass is 293 g/mol. The van der Waals surface area contributed by atoms with Gasteiger partial charge in [-0.2, -0.15) is 0 Å². The quantitative estimate of drug-likeness (QED) is 0.839. The van der Waals surface area contributed by atoms with Crippen LogP contribution in [-0.2, 0) is 10.0 Å². The smallest absolute Gasteiger partial charge is 0.265 e. The molecule has 1 unspecified atom stereocenters. The van der Waals surface area contributed by atoms with Gasteiger partial charge in [0.05, 0.1) is 4.90 Å². The molecule has 1 aromatic carbocycles. The van der Waals surface area contributed by atoms with Crippen LogP contribution >= 0.6 is 0 Å². The largest absolute Gasteiger partial charge is 0.386 e.